The van der Waals surface area contributed by atoms with E-state index in [1.165, 1.54) is 7.11 Å². The number of halogens is 2. The largest absolute Gasteiger partial charge is 0.496 e. The number of ether oxygens (including phenoxy) is 1. The lowest BCUT2D eigenvalue weighted by molar-refractivity contribution is 0.0920. The van der Waals surface area contributed by atoms with Crippen molar-refractivity contribution in [1.29, 1.82) is 0 Å². The molecule has 0 heterocycles. The summed E-state index contributed by atoms with van der Waals surface area (Å²) in [6.07, 6.45) is 0.0316. The first kappa shape index (κ1) is 16.5. The number of nitrogens with one attached hydrogen (secondary N) is 1. The van der Waals surface area contributed by atoms with E-state index in [2.05, 4.69) is 27.9 Å². The van der Waals surface area contributed by atoms with Gasteiger partial charge in [-0.25, -0.2) is 0 Å². The molecule has 2 N–H and O–H groups in total. The van der Waals surface area contributed by atoms with Crippen LogP contribution in [0.2, 0.25) is 5.02 Å². The Morgan fingerprint density at radius 1 is 1.53 bits per heavy atom. The third-order valence-electron chi connectivity index (χ3n) is 2.56. The molecule has 4 nitrogen and oxygen atoms in total. The van der Waals surface area contributed by atoms with Crippen LogP contribution in [0.15, 0.2) is 12.1 Å². The number of aliphatic hydroxyl groups is 1. The molecule has 1 aromatic carbocycles. The van der Waals surface area contributed by atoms with E-state index in [0.717, 1.165) is 3.57 Å². The van der Waals surface area contributed by atoms with Gasteiger partial charge < -0.3 is 15.2 Å². The number of carbonyl (C=O) groups excluding carboxylic acids is 1. The summed E-state index contributed by atoms with van der Waals surface area (Å²) in [4.78, 5) is 12.1. The summed E-state index contributed by atoms with van der Waals surface area (Å²) in [6, 6.07) is 3.18. The maximum Gasteiger partial charge on any atom is 0.255 e. The second-order valence-electron chi connectivity index (χ2n) is 4.43. The third kappa shape index (κ3) is 4.81. The minimum Gasteiger partial charge on any atom is -0.496 e. The molecule has 0 aliphatic carbocycles. The van der Waals surface area contributed by atoms with E-state index in [0.29, 0.717) is 22.8 Å². The van der Waals surface area contributed by atoms with Gasteiger partial charge in [-0.15, -0.1) is 0 Å². The molecule has 2 unspecified atom stereocenters. The standard InChI is InChI=1S/C13H17ClINO3/c1-7(4-8(2)17)16-13(18)9-5-10(14)11(15)6-12(9)19-3/h5-8,17H,4H2,1-3H3,(H,16,18). The molecule has 0 aromatic heterocycles. The minimum absolute atomic E-state index is 0.129. The zero-order chi connectivity index (χ0) is 14.6. The van der Waals surface area contributed by atoms with Crippen LogP contribution in [0.4, 0.5) is 0 Å². The maximum absolute atomic E-state index is 12.1. The molecule has 0 radical (unpaired) electrons. The van der Waals surface area contributed by atoms with E-state index in [1.54, 1.807) is 19.1 Å². The molecule has 1 aromatic rings. The molecule has 6 heteroatoms. The van der Waals surface area contributed by atoms with E-state index < -0.39 is 6.10 Å². The number of carbonyl (C=O) groups is 1. The molecule has 0 bridgehead atoms. The second-order valence-corrected chi connectivity index (χ2v) is 6.00. The zero-order valence-corrected chi connectivity index (χ0v) is 13.9. The van der Waals surface area contributed by atoms with E-state index in [4.69, 9.17) is 16.3 Å². The van der Waals surface area contributed by atoms with Crippen molar-refractivity contribution < 1.29 is 14.6 Å². The molecule has 0 spiro atoms. The van der Waals surface area contributed by atoms with Gasteiger partial charge in [-0.05, 0) is 55.0 Å². The van der Waals surface area contributed by atoms with Gasteiger partial charge in [-0.1, -0.05) is 11.6 Å². The minimum atomic E-state index is -0.461. The van der Waals surface area contributed by atoms with E-state index in [9.17, 15) is 9.90 Å². The normalized spacial score (nSPS) is 13.8. The molecule has 1 amide bonds. The van der Waals surface area contributed by atoms with Gasteiger partial charge in [0.15, 0.2) is 0 Å². The lowest BCUT2D eigenvalue weighted by Crippen LogP contribution is -2.34. The Morgan fingerprint density at radius 2 is 2.16 bits per heavy atom. The maximum atomic E-state index is 12.1. The van der Waals surface area contributed by atoms with Gasteiger partial charge in [-0.3, -0.25) is 4.79 Å². The van der Waals surface area contributed by atoms with Crippen molar-refractivity contribution in [2.75, 3.05) is 7.11 Å². The first-order valence-corrected chi connectivity index (χ1v) is 7.32. The van der Waals surface area contributed by atoms with Crippen molar-refractivity contribution in [3.63, 3.8) is 0 Å². The van der Waals surface area contributed by atoms with Gasteiger partial charge >= 0.3 is 0 Å². The molecule has 2 atom stereocenters. The predicted molar refractivity (Wildman–Crippen MR) is 83.9 cm³/mol. The quantitative estimate of drug-likeness (QED) is 0.751. The number of benzene rings is 1. The van der Waals surface area contributed by atoms with Crippen molar-refractivity contribution in [2.45, 2.75) is 32.4 Å². The van der Waals surface area contributed by atoms with Gasteiger partial charge in [0.05, 0.1) is 23.8 Å². The summed E-state index contributed by atoms with van der Waals surface area (Å²) in [5.41, 5.74) is 0.394. The third-order valence-corrected chi connectivity index (χ3v) is 4.08. The van der Waals surface area contributed by atoms with Crippen LogP contribution in [0.25, 0.3) is 0 Å². The fourth-order valence-corrected chi connectivity index (χ4v) is 2.35. The Morgan fingerprint density at radius 3 is 2.68 bits per heavy atom. The van der Waals surface area contributed by atoms with E-state index in [1.807, 2.05) is 6.92 Å². The summed E-state index contributed by atoms with van der Waals surface area (Å²) >= 11 is 8.10. The molecule has 0 fully saturated rings. The van der Waals surface area contributed by atoms with E-state index >= 15 is 0 Å². The number of aliphatic hydroxyl groups excluding tert-OH is 1. The molecule has 106 valence electrons. The number of methoxy groups -OCH3 is 1. The van der Waals surface area contributed by atoms with Crippen LogP contribution in [0.5, 0.6) is 5.75 Å². The smallest absolute Gasteiger partial charge is 0.255 e. The number of hydrogen-bond donors (Lipinski definition) is 2. The molecule has 0 saturated heterocycles. The van der Waals surface area contributed by atoms with E-state index in [-0.39, 0.29) is 11.9 Å². The summed E-state index contributed by atoms with van der Waals surface area (Å²) in [5, 5.41) is 12.6. The van der Waals surface area contributed by atoms with Gasteiger partial charge in [-0.2, -0.15) is 0 Å². The number of rotatable bonds is 5. The highest BCUT2D eigenvalue weighted by atomic mass is 127. The lowest BCUT2D eigenvalue weighted by Gasteiger charge is -2.17. The van der Waals surface area contributed by atoms with Gasteiger partial charge in [0.2, 0.25) is 0 Å². The number of hydrogen-bond acceptors (Lipinski definition) is 3. The molecular formula is C13H17ClINO3. The van der Waals surface area contributed by atoms with Gasteiger partial charge in [0.1, 0.15) is 5.75 Å². The fraction of sp³-hybridized carbons (Fsp3) is 0.462. The van der Waals surface area contributed by atoms with Crippen molar-refractivity contribution in [3.05, 3.63) is 26.3 Å². The van der Waals surface area contributed by atoms with Crippen LogP contribution >= 0.6 is 34.2 Å². The van der Waals surface area contributed by atoms with Crippen molar-refractivity contribution >= 4 is 40.1 Å². The first-order chi connectivity index (χ1) is 8.85. The second kappa shape index (κ2) is 7.31. The Bertz CT molecular complexity index is 465. The van der Waals surface area contributed by atoms with Gasteiger partial charge in [0, 0.05) is 9.61 Å². The Labute approximate surface area is 131 Å². The average Bonchev–Trinajstić information content (AvgIpc) is 2.30. The molecule has 19 heavy (non-hydrogen) atoms. The fourth-order valence-electron chi connectivity index (χ4n) is 1.75. The number of amides is 1. The Balaban J connectivity index is 2.90. The highest BCUT2D eigenvalue weighted by Gasteiger charge is 2.17. The van der Waals surface area contributed by atoms with Gasteiger partial charge in [0.25, 0.3) is 5.91 Å². The summed E-state index contributed by atoms with van der Waals surface area (Å²) in [7, 11) is 1.51. The van der Waals surface area contributed by atoms with Crippen LogP contribution in [-0.4, -0.2) is 30.3 Å². The monoisotopic (exact) mass is 397 g/mol. The summed E-state index contributed by atoms with van der Waals surface area (Å²) < 4.78 is 6.02. The molecule has 0 aliphatic rings. The van der Waals surface area contributed by atoms with Crippen LogP contribution in [0.3, 0.4) is 0 Å². The molecule has 0 aliphatic heterocycles. The Hall–Kier alpha value is -0.530. The molecule has 0 saturated carbocycles. The van der Waals surface area contributed by atoms with Crippen molar-refractivity contribution in [3.8, 4) is 5.75 Å². The predicted octanol–water partition coefficient (Wildman–Crippen LogP) is 2.84. The highest BCUT2D eigenvalue weighted by Crippen LogP contribution is 2.28. The van der Waals surface area contributed by atoms with Crippen LogP contribution in [0.1, 0.15) is 30.6 Å². The average molecular weight is 398 g/mol. The van der Waals surface area contributed by atoms with Crippen molar-refractivity contribution in [2.24, 2.45) is 0 Å². The molecular weight excluding hydrogens is 381 g/mol. The Kier molecular flexibility index (Phi) is 6.35. The first-order valence-electron chi connectivity index (χ1n) is 5.87. The topological polar surface area (TPSA) is 58.6 Å². The summed E-state index contributed by atoms with van der Waals surface area (Å²) in [5.74, 6) is 0.221. The highest BCUT2D eigenvalue weighted by molar-refractivity contribution is 14.1. The summed E-state index contributed by atoms with van der Waals surface area (Å²) in [6.45, 7) is 3.52. The lowest BCUT2D eigenvalue weighted by atomic mass is 10.1. The molecule has 1 rings (SSSR count). The van der Waals surface area contributed by atoms with Crippen molar-refractivity contribution in [1.82, 2.24) is 5.32 Å². The van der Waals surface area contributed by atoms with Crippen LogP contribution < -0.4 is 10.1 Å². The van der Waals surface area contributed by atoms with Crippen LogP contribution in [-0.2, 0) is 0 Å². The van der Waals surface area contributed by atoms with Crippen LogP contribution in [0, 0.1) is 3.57 Å². The SMILES string of the molecule is COc1cc(I)c(Cl)cc1C(=O)NC(C)CC(C)O. The zero-order valence-electron chi connectivity index (χ0n) is 11.0.